The van der Waals surface area contributed by atoms with Crippen molar-refractivity contribution in [3.63, 3.8) is 0 Å². The monoisotopic (exact) mass is 281 g/mol. The van der Waals surface area contributed by atoms with Gasteiger partial charge in [-0.1, -0.05) is 19.3 Å². The number of carbonyl (C=O) groups is 2. The van der Waals surface area contributed by atoms with E-state index >= 15 is 0 Å². The molecule has 2 amide bonds. The first-order valence-corrected chi connectivity index (χ1v) is 8.01. The van der Waals surface area contributed by atoms with Gasteiger partial charge in [0.05, 0.1) is 5.92 Å². The Morgan fingerprint density at radius 1 is 1.00 bits per heavy atom. The van der Waals surface area contributed by atoms with Crippen molar-refractivity contribution in [1.29, 1.82) is 0 Å². The second-order valence-electron chi connectivity index (χ2n) is 6.04. The van der Waals surface area contributed by atoms with Gasteiger partial charge >= 0.3 is 0 Å². The van der Waals surface area contributed by atoms with Crippen molar-refractivity contribution in [2.75, 3.05) is 26.2 Å². The fourth-order valence-electron chi connectivity index (χ4n) is 3.14. The summed E-state index contributed by atoms with van der Waals surface area (Å²) >= 11 is 0. The van der Waals surface area contributed by atoms with Crippen LogP contribution >= 0.6 is 0 Å². The van der Waals surface area contributed by atoms with E-state index in [-0.39, 0.29) is 17.7 Å². The number of hydrogen-bond acceptors (Lipinski definition) is 3. The minimum atomic E-state index is 0.105. The maximum absolute atomic E-state index is 11.8. The molecule has 5 nitrogen and oxygen atoms in total. The van der Waals surface area contributed by atoms with E-state index < -0.39 is 0 Å². The minimum absolute atomic E-state index is 0.105. The van der Waals surface area contributed by atoms with E-state index in [0.29, 0.717) is 25.4 Å². The Bertz CT molecular complexity index is 321. The Kier molecular flexibility index (Phi) is 6.30. The normalized spacial score (nSPS) is 23.5. The van der Waals surface area contributed by atoms with Crippen LogP contribution in [0.3, 0.4) is 0 Å². The molecule has 20 heavy (non-hydrogen) atoms. The van der Waals surface area contributed by atoms with Crippen molar-refractivity contribution < 1.29 is 9.59 Å². The molecular weight excluding hydrogens is 254 g/mol. The molecule has 0 spiro atoms. The van der Waals surface area contributed by atoms with Gasteiger partial charge in [0.15, 0.2) is 0 Å². The van der Waals surface area contributed by atoms with E-state index in [9.17, 15) is 9.59 Å². The van der Waals surface area contributed by atoms with Crippen molar-refractivity contribution in [3.8, 4) is 0 Å². The Morgan fingerprint density at radius 3 is 2.45 bits per heavy atom. The molecule has 2 rings (SSSR count). The van der Waals surface area contributed by atoms with E-state index in [1.807, 2.05) is 0 Å². The Hall–Kier alpha value is -1.10. The van der Waals surface area contributed by atoms with Gasteiger partial charge in [0, 0.05) is 26.1 Å². The molecule has 0 aromatic heterocycles. The fourth-order valence-corrected chi connectivity index (χ4v) is 3.14. The van der Waals surface area contributed by atoms with Crippen molar-refractivity contribution in [1.82, 2.24) is 16.0 Å². The van der Waals surface area contributed by atoms with Gasteiger partial charge in [0.25, 0.3) is 0 Å². The molecule has 3 N–H and O–H groups in total. The molecule has 0 radical (unpaired) electrons. The second-order valence-corrected chi connectivity index (χ2v) is 6.04. The van der Waals surface area contributed by atoms with Gasteiger partial charge < -0.3 is 16.0 Å². The lowest BCUT2D eigenvalue weighted by Crippen LogP contribution is -2.38. The molecule has 0 bridgehead atoms. The number of carbonyl (C=O) groups excluding carboxylic acids is 2. The lowest BCUT2D eigenvalue weighted by atomic mass is 9.87. The van der Waals surface area contributed by atoms with E-state index in [4.69, 9.17) is 0 Å². The third kappa shape index (κ3) is 5.12. The summed E-state index contributed by atoms with van der Waals surface area (Å²) < 4.78 is 0. The molecule has 1 heterocycles. The summed E-state index contributed by atoms with van der Waals surface area (Å²) in [6, 6.07) is 0. The molecule has 1 unspecified atom stereocenters. The highest BCUT2D eigenvalue weighted by molar-refractivity contribution is 5.79. The van der Waals surface area contributed by atoms with Crippen LogP contribution in [0.4, 0.5) is 0 Å². The largest absolute Gasteiger partial charge is 0.354 e. The minimum Gasteiger partial charge on any atom is -0.354 e. The summed E-state index contributed by atoms with van der Waals surface area (Å²) in [6.07, 6.45) is 7.81. The highest BCUT2D eigenvalue weighted by Crippen LogP contribution is 2.25. The highest BCUT2D eigenvalue weighted by atomic mass is 16.2. The fraction of sp³-hybridized carbons (Fsp3) is 0.867. The van der Waals surface area contributed by atoms with Crippen molar-refractivity contribution >= 4 is 11.8 Å². The molecule has 1 atom stereocenters. The topological polar surface area (TPSA) is 70.2 Å². The number of nitrogens with one attached hydrogen (secondary N) is 3. The Labute approximate surface area is 121 Å². The Morgan fingerprint density at radius 2 is 1.75 bits per heavy atom. The van der Waals surface area contributed by atoms with Crippen LogP contribution in [0.2, 0.25) is 0 Å². The van der Waals surface area contributed by atoms with Crippen LogP contribution in [0.5, 0.6) is 0 Å². The van der Waals surface area contributed by atoms with Crippen LogP contribution in [-0.2, 0) is 9.59 Å². The smallest absolute Gasteiger partial charge is 0.224 e. The predicted molar refractivity (Wildman–Crippen MR) is 78.2 cm³/mol. The van der Waals surface area contributed by atoms with Crippen LogP contribution in [0, 0.1) is 11.8 Å². The van der Waals surface area contributed by atoms with Crippen LogP contribution < -0.4 is 16.0 Å². The summed E-state index contributed by atoms with van der Waals surface area (Å²) in [5, 5.41) is 8.97. The SMILES string of the molecule is O=C(CC1CCCCC1)NCCNC(=O)C1CCNC1. The number of hydrogen-bond donors (Lipinski definition) is 3. The summed E-state index contributed by atoms with van der Waals surface area (Å²) in [5.74, 6) is 0.918. The lowest BCUT2D eigenvalue weighted by molar-refractivity contribution is -0.125. The van der Waals surface area contributed by atoms with Gasteiger partial charge in [0.2, 0.25) is 11.8 Å². The van der Waals surface area contributed by atoms with Crippen LogP contribution in [0.1, 0.15) is 44.9 Å². The molecule has 0 aromatic carbocycles. The average Bonchev–Trinajstić information content (AvgIpc) is 2.99. The molecule has 1 saturated carbocycles. The van der Waals surface area contributed by atoms with Gasteiger partial charge in [-0.2, -0.15) is 0 Å². The number of amides is 2. The molecule has 114 valence electrons. The summed E-state index contributed by atoms with van der Waals surface area (Å²) in [4.78, 5) is 23.5. The van der Waals surface area contributed by atoms with Gasteiger partial charge in [0.1, 0.15) is 0 Å². The van der Waals surface area contributed by atoms with Gasteiger partial charge in [-0.15, -0.1) is 0 Å². The molecule has 2 aliphatic rings. The highest BCUT2D eigenvalue weighted by Gasteiger charge is 2.21. The third-order valence-electron chi connectivity index (χ3n) is 4.38. The molecular formula is C15H27N3O2. The van der Waals surface area contributed by atoms with Crippen LogP contribution in [0.25, 0.3) is 0 Å². The molecule has 0 aromatic rings. The van der Waals surface area contributed by atoms with Gasteiger partial charge in [-0.3, -0.25) is 9.59 Å². The van der Waals surface area contributed by atoms with E-state index in [0.717, 1.165) is 19.5 Å². The third-order valence-corrected chi connectivity index (χ3v) is 4.38. The first-order valence-electron chi connectivity index (χ1n) is 8.01. The first kappa shape index (κ1) is 15.3. The standard InChI is InChI=1S/C15H27N3O2/c19-14(10-12-4-2-1-3-5-12)17-8-9-18-15(20)13-6-7-16-11-13/h12-13,16H,1-11H2,(H,17,19)(H,18,20). The van der Waals surface area contributed by atoms with E-state index in [2.05, 4.69) is 16.0 Å². The molecule has 1 aliphatic carbocycles. The lowest BCUT2D eigenvalue weighted by Gasteiger charge is -2.20. The van der Waals surface area contributed by atoms with Gasteiger partial charge in [-0.05, 0) is 31.7 Å². The maximum atomic E-state index is 11.8. The zero-order valence-corrected chi connectivity index (χ0v) is 12.2. The van der Waals surface area contributed by atoms with Crippen LogP contribution in [0.15, 0.2) is 0 Å². The molecule has 1 saturated heterocycles. The van der Waals surface area contributed by atoms with Crippen molar-refractivity contribution in [2.45, 2.75) is 44.9 Å². The zero-order chi connectivity index (χ0) is 14.2. The molecule has 5 heteroatoms. The maximum Gasteiger partial charge on any atom is 0.224 e. The second kappa shape index (κ2) is 8.25. The van der Waals surface area contributed by atoms with E-state index in [1.54, 1.807) is 0 Å². The van der Waals surface area contributed by atoms with Crippen molar-refractivity contribution in [3.05, 3.63) is 0 Å². The zero-order valence-electron chi connectivity index (χ0n) is 12.2. The average molecular weight is 281 g/mol. The van der Waals surface area contributed by atoms with Crippen LogP contribution in [-0.4, -0.2) is 38.0 Å². The predicted octanol–water partition coefficient (Wildman–Crippen LogP) is 0.799. The summed E-state index contributed by atoms with van der Waals surface area (Å²) in [6.45, 7) is 2.78. The van der Waals surface area contributed by atoms with Gasteiger partial charge in [-0.25, -0.2) is 0 Å². The molecule has 1 aliphatic heterocycles. The summed E-state index contributed by atoms with van der Waals surface area (Å²) in [7, 11) is 0. The number of rotatable bonds is 6. The molecule has 2 fully saturated rings. The first-order chi connectivity index (χ1) is 9.75. The van der Waals surface area contributed by atoms with E-state index in [1.165, 1.54) is 32.1 Å². The Balaban J connectivity index is 1.51. The summed E-state index contributed by atoms with van der Waals surface area (Å²) in [5.41, 5.74) is 0. The van der Waals surface area contributed by atoms with Crippen molar-refractivity contribution in [2.24, 2.45) is 11.8 Å². The quantitative estimate of drug-likeness (QED) is 0.631.